The van der Waals surface area contributed by atoms with Crippen LogP contribution >= 0.6 is 12.2 Å². The largest absolute Gasteiger partial charge is 0.389 e. The van der Waals surface area contributed by atoms with Gasteiger partial charge in [-0.3, -0.25) is 0 Å². The molecule has 4 nitrogen and oxygen atoms in total. The first-order valence-corrected chi connectivity index (χ1v) is 5.76. The van der Waals surface area contributed by atoms with Crippen LogP contribution in [0.4, 0.5) is 5.82 Å². The molecular weight excluding hydrogens is 220 g/mol. The molecule has 5 heteroatoms. The molecule has 0 spiro atoms. The van der Waals surface area contributed by atoms with Gasteiger partial charge in [0.1, 0.15) is 4.99 Å². The summed E-state index contributed by atoms with van der Waals surface area (Å²) in [5.74, 6) is 0.718. The molecule has 0 unspecified atom stereocenters. The number of aryl methyl sites for hydroxylation is 1. The van der Waals surface area contributed by atoms with E-state index in [9.17, 15) is 0 Å². The van der Waals surface area contributed by atoms with E-state index in [1.54, 1.807) is 0 Å². The van der Waals surface area contributed by atoms with Crippen LogP contribution in [0.2, 0.25) is 0 Å². The zero-order chi connectivity index (χ0) is 11.9. The Bertz CT molecular complexity index is 452. The minimum absolute atomic E-state index is 0.149. The highest BCUT2D eigenvalue weighted by molar-refractivity contribution is 7.80. The normalized spacial score (nSPS) is 16.9. The van der Waals surface area contributed by atoms with Gasteiger partial charge in [-0.05, 0) is 39.2 Å². The molecule has 0 amide bonds. The Hall–Kier alpha value is -1.23. The number of hydrogen-bond acceptors (Lipinski definition) is 4. The molecule has 0 atom stereocenters. The molecule has 0 radical (unpaired) electrons. The van der Waals surface area contributed by atoms with Crippen molar-refractivity contribution in [1.82, 2.24) is 10.2 Å². The number of aromatic nitrogens is 2. The minimum atomic E-state index is 0.149. The van der Waals surface area contributed by atoms with Crippen LogP contribution in [0.25, 0.3) is 0 Å². The van der Waals surface area contributed by atoms with E-state index in [0.29, 0.717) is 4.99 Å². The maximum absolute atomic E-state index is 5.75. The lowest BCUT2D eigenvalue weighted by Crippen LogP contribution is -2.23. The Labute approximate surface area is 101 Å². The average molecular weight is 236 g/mol. The highest BCUT2D eigenvalue weighted by atomic mass is 32.1. The molecule has 1 aliphatic rings. The number of nitrogens with two attached hydrogens (primary N) is 1. The number of anilines is 1. The van der Waals surface area contributed by atoms with E-state index in [4.69, 9.17) is 18.0 Å². The van der Waals surface area contributed by atoms with Gasteiger partial charge in [-0.1, -0.05) is 12.2 Å². The smallest absolute Gasteiger partial charge is 0.159 e. The lowest BCUT2D eigenvalue weighted by molar-refractivity contribution is 0.806. The lowest BCUT2D eigenvalue weighted by atomic mass is 10.1. The third-order valence-corrected chi connectivity index (χ3v) is 3.33. The fourth-order valence-electron chi connectivity index (χ4n) is 1.60. The van der Waals surface area contributed by atoms with Gasteiger partial charge < -0.3 is 11.1 Å². The number of hydrogen-bond donors (Lipinski definition) is 2. The molecule has 2 rings (SSSR count). The molecule has 0 aromatic carbocycles. The van der Waals surface area contributed by atoms with Crippen molar-refractivity contribution in [2.45, 2.75) is 39.2 Å². The van der Waals surface area contributed by atoms with E-state index in [2.05, 4.69) is 22.4 Å². The van der Waals surface area contributed by atoms with Crippen molar-refractivity contribution in [3.63, 3.8) is 0 Å². The zero-order valence-electron chi connectivity index (χ0n) is 9.79. The van der Waals surface area contributed by atoms with Gasteiger partial charge in [0.2, 0.25) is 0 Å². The van der Waals surface area contributed by atoms with Crippen LogP contribution < -0.4 is 11.1 Å². The van der Waals surface area contributed by atoms with Gasteiger partial charge in [0.15, 0.2) is 5.82 Å². The van der Waals surface area contributed by atoms with Crippen LogP contribution in [0.1, 0.15) is 36.6 Å². The molecule has 0 bridgehead atoms. The van der Waals surface area contributed by atoms with Crippen LogP contribution in [0.3, 0.4) is 0 Å². The molecule has 1 aromatic rings. The van der Waals surface area contributed by atoms with Crippen molar-refractivity contribution in [3.05, 3.63) is 16.8 Å². The Morgan fingerprint density at radius 3 is 2.50 bits per heavy atom. The predicted molar refractivity (Wildman–Crippen MR) is 68.7 cm³/mol. The summed E-state index contributed by atoms with van der Waals surface area (Å²) in [7, 11) is 0. The van der Waals surface area contributed by atoms with E-state index in [-0.39, 0.29) is 5.54 Å². The fourth-order valence-corrected chi connectivity index (χ4v) is 1.85. The molecule has 86 valence electrons. The Morgan fingerprint density at radius 2 is 2.00 bits per heavy atom. The lowest BCUT2D eigenvalue weighted by Gasteiger charge is -2.17. The monoisotopic (exact) mass is 236 g/mol. The van der Waals surface area contributed by atoms with E-state index in [1.165, 1.54) is 0 Å². The summed E-state index contributed by atoms with van der Waals surface area (Å²) < 4.78 is 0. The van der Waals surface area contributed by atoms with Crippen molar-refractivity contribution in [2.75, 3.05) is 5.32 Å². The number of rotatable bonds is 3. The summed E-state index contributed by atoms with van der Waals surface area (Å²) in [5, 5.41) is 11.6. The molecule has 3 N–H and O–H groups in total. The number of nitrogens with one attached hydrogen (secondary N) is 1. The van der Waals surface area contributed by atoms with Crippen molar-refractivity contribution in [3.8, 4) is 0 Å². The first kappa shape index (κ1) is 11.3. The molecule has 0 saturated heterocycles. The molecule has 1 heterocycles. The first-order valence-electron chi connectivity index (χ1n) is 5.35. The Morgan fingerprint density at radius 1 is 1.38 bits per heavy atom. The van der Waals surface area contributed by atoms with Gasteiger partial charge in [-0.25, -0.2) is 0 Å². The summed E-state index contributed by atoms with van der Waals surface area (Å²) in [6, 6.07) is 0. The second kappa shape index (κ2) is 3.66. The predicted octanol–water partition coefficient (Wildman–Crippen LogP) is 1.69. The van der Waals surface area contributed by atoms with Crippen LogP contribution in [0.15, 0.2) is 0 Å². The third-order valence-electron chi connectivity index (χ3n) is 3.12. The van der Waals surface area contributed by atoms with Crippen molar-refractivity contribution < 1.29 is 0 Å². The quantitative estimate of drug-likeness (QED) is 0.782. The highest BCUT2D eigenvalue weighted by Crippen LogP contribution is 2.38. The maximum Gasteiger partial charge on any atom is 0.159 e. The van der Waals surface area contributed by atoms with Crippen LogP contribution in [0, 0.1) is 13.8 Å². The Balaban J connectivity index is 2.43. The van der Waals surface area contributed by atoms with E-state index in [0.717, 1.165) is 35.5 Å². The summed E-state index contributed by atoms with van der Waals surface area (Å²) >= 11 is 5.08. The van der Waals surface area contributed by atoms with E-state index in [1.807, 2.05) is 13.8 Å². The maximum atomic E-state index is 5.75. The van der Waals surface area contributed by atoms with Gasteiger partial charge in [-0.15, -0.1) is 5.10 Å². The van der Waals surface area contributed by atoms with Crippen molar-refractivity contribution in [2.24, 2.45) is 5.73 Å². The standard InChI is InChI=1S/C11H16N4S/c1-6-7(2)14-15-10(8(6)9(12)16)13-11(3)4-5-11/h4-5H2,1-3H3,(H2,12,16)(H,13,15). The molecule has 1 aliphatic carbocycles. The van der Waals surface area contributed by atoms with E-state index >= 15 is 0 Å². The summed E-state index contributed by atoms with van der Waals surface area (Å²) in [5.41, 5.74) is 8.60. The van der Waals surface area contributed by atoms with Crippen LogP contribution in [-0.2, 0) is 0 Å². The molecule has 0 aliphatic heterocycles. The first-order chi connectivity index (χ1) is 7.43. The SMILES string of the molecule is Cc1nnc(NC2(C)CC2)c(C(N)=S)c1C. The minimum Gasteiger partial charge on any atom is -0.389 e. The molecule has 16 heavy (non-hydrogen) atoms. The van der Waals surface area contributed by atoms with Gasteiger partial charge in [0, 0.05) is 5.54 Å². The van der Waals surface area contributed by atoms with Crippen molar-refractivity contribution in [1.29, 1.82) is 0 Å². The third kappa shape index (κ3) is 2.00. The van der Waals surface area contributed by atoms with Gasteiger partial charge in [-0.2, -0.15) is 5.10 Å². The van der Waals surface area contributed by atoms with Crippen molar-refractivity contribution >= 4 is 23.0 Å². The van der Waals surface area contributed by atoms with Gasteiger partial charge in [0.05, 0.1) is 11.3 Å². The number of thiocarbonyl (C=S) groups is 1. The van der Waals surface area contributed by atoms with Gasteiger partial charge in [0.25, 0.3) is 0 Å². The second-order valence-corrected chi connectivity index (χ2v) is 5.12. The molecule has 1 saturated carbocycles. The second-order valence-electron chi connectivity index (χ2n) is 4.68. The van der Waals surface area contributed by atoms with Crippen LogP contribution in [-0.4, -0.2) is 20.7 Å². The van der Waals surface area contributed by atoms with Crippen LogP contribution in [0.5, 0.6) is 0 Å². The summed E-state index contributed by atoms with van der Waals surface area (Å²) in [4.78, 5) is 0.377. The average Bonchev–Trinajstić information content (AvgIpc) is 2.90. The zero-order valence-corrected chi connectivity index (χ0v) is 10.6. The highest BCUT2D eigenvalue weighted by Gasteiger charge is 2.38. The molecule has 1 fully saturated rings. The molecule has 1 aromatic heterocycles. The number of nitrogens with zero attached hydrogens (tertiary/aromatic N) is 2. The summed E-state index contributed by atoms with van der Waals surface area (Å²) in [6.07, 6.45) is 2.30. The topological polar surface area (TPSA) is 63.8 Å². The van der Waals surface area contributed by atoms with Gasteiger partial charge >= 0.3 is 0 Å². The summed E-state index contributed by atoms with van der Waals surface area (Å²) in [6.45, 7) is 6.04. The fraction of sp³-hybridized carbons (Fsp3) is 0.545. The Kier molecular flexibility index (Phi) is 2.58. The molecular formula is C11H16N4S. The van der Waals surface area contributed by atoms with E-state index < -0.39 is 0 Å².